The van der Waals surface area contributed by atoms with Crippen LogP contribution < -0.4 is 9.47 Å². The highest BCUT2D eigenvalue weighted by molar-refractivity contribution is 6.34. The number of benzene rings is 2. The normalized spacial score (nSPS) is 11.9. The third-order valence-corrected chi connectivity index (χ3v) is 4.33. The van der Waals surface area contributed by atoms with E-state index in [4.69, 9.17) is 14.2 Å². The Bertz CT molecular complexity index is 954. The fourth-order valence-electron chi connectivity index (χ4n) is 2.62. The molecule has 2 aromatic rings. The van der Waals surface area contributed by atoms with E-state index in [1.165, 1.54) is 12.1 Å². The number of ether oxygens (including phenoxy) is 4. The van der Waals surface area contributed by atoms with Crippen LogP contribution in [0, 0.1) is 0 Å². The van der Waals surface area contributed by atoms with Gasteiger partial charge in [-0.1, -0.05) is 19.1 Å². The quantitative estimate of drug-likeness (QED) is 0.325. The number of Topliss-reactive ketones (excluding diaryl/α,β-unsaturated/α-hetero) is 1. The number of alkyl halides is 3. The maximum absolute atomic E-state index is 12.6. The van der Waals surface area contributed by atoms with Gasteiger partial charge in [-0.3, -0.25) is 9.59 Å². The van der Waals surface area contributed by atoms with Gasteiger partial charge in [0.15, 0.2) is 6.61 Å². The van der Waals surface area contributed by atoms with Gasteiger partial charge in [0.05, 0.1) is 18.6 Å². The van der Waals surface area contributed by atoms with Gasteiger partial charge in [0.1, 0.15) is 24.2 Å². The van der Waals surface area contributed by atoms with Gasteiger partial charge in [-0.15, -0.1) is 0 Å². The lowest BCUT2D eigenvalue weighted by Gasteiger charge is -2.14. The Morgan fingerprint density at radius 1 is 0.912 bits per heavy atom. The van der Waals surface area contributed by atoms with Crippen LogP contribution in [0.1, 0.15) is 37.8 Å². The molecule has 0 aliphatic rings. The van der Waals surface area contributed by atoms with E-state index in [0.29, 0.717) is 23.5 Å². The van der Waals surface area contributed by atoms with Gasteiger partial charge in [0.25, 0.3) is 5.78 Å². The maximum atomic E-state index is 12.6. The van der Waals surface area contributed by atoms with Crippen molar-refractivity contribution in [2.45, 2.75) is 45.6 Å². The van der Waals surface area contributed by atoms with Crippen LogP contribution in [0.15, 0.2) is 48.5 Å². The monoisotopic (exact) mass is 482 g/mol. The zero-order valence-corrected chi connectivity index (χ0v) is 18.7. The molecule has 1 atom stereocenters. The van der Waals surface area contributed by atoms with Gasteiger partial charge in [0, 0.05) is 0 Å². The Balaban J connectivity index is 1.74. The smallest absolute Gasteiger partial charge is 0.416 e. The first-order valence-electron chi connectivity index (χ1n) is 10.5. The van der Waals surface area contributed by atoms with Crippen molar-refractivity contribution in [2.24, 2.45) is 0 Å². The van der Waals surface area contributed by atoms with Crippen LogP contribution in [0.2, 0.25) is 0 Å². The summed E-state index contributed by atoms with van der Waals surface area (Å²) in [5, 5.41) is 0. The van der Waals surface area contributed by atoms with Crippen molar-refractivity contribution in [2.75, 3.05) is 13.2 Å². The molecule has 0 radical (unpaired) electrons. The molecule has 0 bridgehead atoms. The van der Waals surface area contributed by atoms with Gasteiger partial charge in [0.2, 0.25) is 0 Å². The summed E-state index contributed by atoms with van der Waals surface area (Å²) in [6.45, 7) is 2.92. The SMILES string of the molecule is CCCOC(=O)C(=O)COC(=O)CC(C)Oc1ccc(OCc2ccc(C(F)(F)F)cc2)cc1. The Morgan fingerprint density at radius 2 is 1.53 bits per heavy atom. The molecule has 10 heteroatoms. The minimum absolute atomic E-state index is 0.0886. The summed E-state index contributed by atoms with van der Waals surface area (Å²) in [6.07, 6.45) is -4.54. The first kappa shape index (κ1) is 26.7. The molecule has 0 N–H and O–H groups in total. The van der Waals surface area contributed by atoms with Crippen LogP contribution in [0.4, 0.5) is 13.2 Å². The summed E-state index contributed by atoms with van der Waals surface area (Å²) in [4.78, 5) is 34.7. The van der Waals surface area contributed by atoms with Crippen LogP contribution in [0.25, 0.3) is 0 Å². The number of ketones is 1. The van der Waals surface area contributed by atoms with Crippen molar-refractivity contribution >= 4 is 17.7 Å². The van der Waals surface area contributed by atoms with Gasteiger partial charge >= 0.3 is 18.1 Å². The van der Waals surface area contributed by atoms with Crippen molar-refractivity contribution in [1.29, 1.82) is 0 Å². The van der Waals surface area contributed by atoms with Crippen molar-refractivity contribution in [3.8, 4) is 11.5 Å². The number of esters is 2. The largest absolute Gasteiger partial charge is 0.490 e. The van der Waals surface area contributed by atoms with Crippen LogP contribution in [0.3, 0.4) is 0 Å². The van der Waals surface area contributed by atoms with E-state index in [0.717, 1.165) is 12.1 Å². The molecule has 0 heterocycles. The summed E-state index contributed by atoms with van der Waals surface area (Å²) in [5.41, 5.74) is -0.144. The molecule has 0 aliphatic carbocycles. The van der Waals surface area contributed by atoms with E-state index in [1.54, 1.807) is 38.1 Å². The van der Waals surface area contributed by atoms with E-state index < -0.39 is 42.2 Å². The second-order valence-corrected chi connectivity index (χ2v) is 7.31. The molecule has 0 aromatic heterocycles. The molecule has 7 nitrogen and oxygen atoms in total. The molecule has 2 aromatic carbocycles. The van der Waals surface area contributed by atoms with Gasteiger partial charge in [-0.2, -0.15) is 13.2 Å². The minimum atomic E-state index is -4.39. The van der Waals surface area contributed by atoms with Crippen molar-refractivity contribution in [3.05, 3.63) is 59.7 Å². The highest BCUT2D eigenvalue weighted by Gasteiger charge is 2.29. The Morgan fingerprint density at radius 3 is 2.12 bits per heavy atom. The Hall–Kier alpha value is -3.56. The van der Waals surface area contributed by atoms with Gasteiger partial charge in [-0.25, -0.2) is 4.79 Å². The molecule has 0 fully saturated rings. The molecule has 0 aliphatic heterocycles. The number of rotatable bonds is 12. The molecular formula is C24H25F3O7. The number of hydrogen-bond donors (Lipinski definition) is 0. The highest BCUT2D eigenvalue weighted by Crippen LogP contribution is 2.29. The summed E-state index contributed by atoms with van der Waals surface area (Å²) in [7, 11) is 0. The van der Waals surface area contributed by atoms with Crippen LogP contribution in [0.5, 0.6) is 11.5 Å². The van der Waals surface area contributed by atoms with Gasteiger partial charge < -0.3 is 18.9 Å². The molecule has 0 saturated carbocycles. The molecule has 0 amide bonds. The zero-order chi connectivity index (χ0) is 25.1. The summed E-state index contributed by atoms with van der Waals surface area (Å²) in [6, 6.07) is 11.1. The first-order valence-corrected chi connectivity index (χ1v) is 10.5. The highest BCUT2D eigenvalue weighted by atomic mass is 19.4. The second kappa shape index (κ2) is 12.6. The second-order valence-electron chi connectivity index (χ2n) is 7.31. The van der Waals surface area contributed by atoms with Gasteiger partial charge in [-0.05, 0) is 55.3 Å². The molecule has 184 valence electrons. The van der Waals surface area contributed by atoms with Crippen LogP contribution in [-0.2, 0) is 36.6 Å². The number of halogens is 3. The number of carbonyl (C=O) groups excluding carboxylic acids is 3. The molecule has 0 saturated heterocycles. The lowest BCUT2D eigenvalue weighted by atomic mass is 10.1. The van der Waals surface area contributed by atoms with Crippen molar-refractivity contribution < 1.29 is 46.5 Å². The average Bonchev–Trinajstić information content (AvgIpc) is 2.80. The lowest BCUT2D eigenvalue weighted by Crippen LogP contribution is -2.26. The molecule has 34 heavy (non-hydrogen) atoms. The summed E-state index contributed by atoms with van der Waals surface area (Å²) in [5.74, 6) is -1.77. The predicted octanol–water partition coefficient (Wildman–Crippen LogP) is 4.51. The topological polar surface area (TPSA) is 88.1 Å². The van der Waals surface area contributed by atoms with E-state index >= 15 is 0 Å². The van der Waals surface area contributed by atoms with E-state index in [9.17, 15) is 27.6 Å². The summed E-state index contributed by atoms with van der Waals surface area (Å²) >= 11 is 0. The number of carbonyl (C=O) groups is 3. The third-order valence-electron chi connectivity index (χ3n) is 4.33. The average molecular weight is 482 g/mol. The third kappa shape index (κ3) is 9.13. The standard InChI is InChI=1S/C24H25F3O7/c1-3-12-31-23(30)21(28)15-33-22(29)13-16(2)34-20-10-8-19(9-11-20)32-14-17-4-6-18(7-5-17)24(25,26)27/h4-11,16H,3,12-15H2,1-2H3. The predicted molar refractivity (Wildman–Crippen MR) is 114 cm³/mol. The summed E-state index contributed by atoms with van der Waals surface area (Å²) < 4.78 is 58.4. The fourth-order valence-corrected chi connectivity index (χ4v) is 2.62. The maximum Gasteiger partial charge on any atom is 0.416 e. The lowest BCUT2D eigenvalue weighted by molar-refractivity contribution is -0.159. The van der Waals surface area contributed by atoms with Crippen LogP contribution in [-0.4, -0.2) is 37.0 Å². The van der Waals surface area contributed by atoms with Crippen LogP contribution >= 0.6 is 0 Å². The molecule has 2 rings (SSSR count). The Labute approximate surface area is 194 Å². The number of hydrogen-bond acceptors (Lipinski definition) is 7. The fraction of sp³-hybridized carbons (Fsp3) is 0.375. The van der Waals surface area contributed by atoms with E-state index in [1.807, 2.05) is 0 Å². The van der Waals surface area contributed by atoms with E-state index in [-0.39, 0.29) is 19.6 Å². The molecular weight excluding hydrogens is 457 g/mol. The molecule has 1 unspecified atom stereocenters. The van der Waals surface area contributed by atoms with Crippen molar-refractivity contribution in [1.82, 2.24) is 0 Å². The Kier molecular flexibility index (Phi) is 9.91. The van der Waals surface area contributed by atoms with E-state index in [2.05, 4.69) is 4.74 Å². The zero-order valence-electron chi connectivity index (χ0n) is 18.7. The molecule has 0 spiro atoms. The minimum Gasteiger partial charge on any atom is -0.490 e. The first-order chi connectivity index (χ1) is 16.1. The van der Waals surface area contributed by atoms with Crippen molar-refractivity contribution in [3.63, 3.8) is 0 Å².